The lowest BCUT2D eigenvalue weighted by Gasteiger charge is -2.17. The number of carbonyl (C=O) groups is 1. The van der Waals surface area contributed by atoms with E-state index in [0.717, 1.165) is 34.5 Å². The Balaban J connectivity index is 1.57. The number of hydrogen-bond donors (Lipinski definition) is 2. The summed E-state index contributed by atoms with van der Waals surface area (Å²) in [5.74, 6) is 2.62. The Morgan fingerprint density at radius 2 is 1.77 bits per heavy atom. The van der Waals surface area contributed by atoms with Gasteiger partial charge in [0, 0.05) is 46.3 Å². The summed E-state index contributed by atoms with van der Waals surface area (Å²) in [7, 11) is 8.86. The lowest BCUT2D eigenvalue weighted by molar-refractivity contribution is 0.102. The second-order valence-corrected chi connectivity index (χ2v) is 9.59. The van der Waals surface area contributed by atoms with Gasteiger partial charge in [0.2, 0.25) is 0 Å². The third kappa shape index (κ3) is 6.74. The zero-order chi connectivity index (χ0) is 27.8. The average Bonchev–Trinajstić information content (AvgIpc) is 2.95. The molecule has 0 bridgehead atoms. The minimum atomic E-state index is -0.315. The zero-order valence-electron chi connectivity index (χ0n) is 22.1. The van der Waals surface area contributed by atoms with Crippen molar-refractivity contribution in [2.24, 2.45) is 0 Å². The Bertz CT molecular complexity index is 1470. The number of fused-ring (bicyclic) bond motifs is 1. The second kappa shape index (κ2) is 13.5. The van der Waals surface area contributed by atoms with Crippen LogP contribution in [-0.2, 0) is 0 Å². The molecule has 0 aliphatic rings. The molecule has 2 aromatic carbocycles. The van der Waals surface area contributed by atoms with Crippen molar-refractivity contribution in [3.8, 4) is 28.7 Å². The highest BCUT2D eigenvalue weighted by molar-refractivity contribution is 7.36. The first-order valence-electron chi connectivity index (χ1n) is 12.4. The van der Waals surface area contributed by atoms with Crippen LogP contribution >= 0.6 is 18.5 Å². The van der Waals surface area contributed by atoms with Crippen molar-refractivity contribution >= 4 is 51.6 Å². The van der Waals surface area contributed by atoms with Crippen molar-refractivity contribution < 1.29 is 23.7 Å². The summed E-state index contributed by atoms with van der Waals surface area (Å²) in [5.41, 5.74) is 1.70. The standard InChI is InChI=1S/C28H32N4O5P2/c1-4-35-21-8-11-30-16-18(21)28(33)32-19-6-7-23(27(39)26(19)38)37-22-9-12-31-20-15-25(36-13-5-10-29-2)24(34-3)14-17(20)22/h6-9,11-12,14-16,29H,4-5,10,13,38-39H2,1-3H3,(H,32,33). The van der Waals surface area contributed by atoms with Gasteiger partial charge >= 0.3 is 0 Å². The first-order valence-corrected chi connectivity index (χ1v) is 13.6. The first kappa shape index (κ1) is 28.5. The molecule has 0 spiro atoms. The lowest BCUT2D eigenvalue weighted by Crippen LogP contribution is -2.22. The summed E-state index contributed by atoms with van der Waals surface area (Å²) in [6, 6.07) is 10.8. The predicted molar refractivity (Wildman–Crippen MR) is 161 cm³/mol. The highest BCUT2D eigenvalue weighted by Crippen LogP contribution is 2.37. The van der Waals surface area contributed by atoms with Crippen LogP contribution in [0.25, 0.3) is 10.9 Å². The SMILES string of the molecule is CCOc1ccncc1C(=O)Nc1ccc(Oc2ccnc3cc(OCCCNC)c(OC)cc23)c(P)c1P. The summed E-state index contributed by atoms with van der Waals surface area (Å²) < 4.78 is 23.4. The van der Waals surface area contributed by atoms with Gasteiger partial charge in [-0.05, 0) is 57.3 Å². The monoisotopic (exact) mass is 566 g/mol. The van der Waals surface area contributed by atoms with Crippen molar-refractivity contribution in [2.45, 2.75) is 13.3 Å². The number of aromatic nitrogens is 2. The largest absolute Gasteiger partial charge is 0.493 e. The number of rotatable bonds is 12. The van der Waals surface area contributed by atoms with E-state index in [-0.39, 0.29) is 5.91 Å². The maximum absolute atomic E-state index is 13.0. The van der Waals surface area contributed by atoms with Gasteiger partial charge in [-0.3, -0.25) is 14.8 Å². The van der Waals surface area contributed by atoms with Crippen molar-refractivity contribution in [3.63, 3.8) is 0 Å². The topological polar surface area (TPSA) is 104 Å². The molecule has 2 unspecified atom stereocenters. The van der Waals surface area contributed by atoms with Gasteiger partial charge in [-0.15, -0.1) is 18.5 Å². The average molecular weight is 567 g/mol. The summed E-state index contributed by atoms with van der Waals surface area (Å²) in [6.07, 6.45) is 5.64. The number of methoxy groups -OCH3 is 1. The molecule has 0 aliphatic heterocycles. The van der Waals surface area contributed by atoms with E-state index >= 15 is 0 Å². The van der Waals surface area contributed by atoms with E-state index in [2.05, 4.69) is 39.1 Å². The fourth-order valence-corrected chi connectivity index (χ4v) is 4.50. The Labute approximate surface area is 232 Å². The quantitative estimate of drug-likeness (QED) is 0.196. The van der Waals surface area contributed by atoms with E-state index < -0.39 is 0 Å². The van der Waals surface area contributed by atoms with Crippen LogP contribution in [0.1, 0.15) is 23.7 Å². The van der Waals surface area contributed by atoms with E-state index in [1.807, 2.05) is 26.1 Å². The first-order chi connectivity index (χ1) is 19.0. The number of ether oxygens (including phenoxy) is 4. The van der Waals surface area contributed by atoms with Crippen molar-refractivity contribution in [1.82, 2.24) is 15.3 Å². The minimum Gasteiger partial charge on any atom is -0.493 e. The van der Waals surface area contributed by atoms with Crippen LogP contribution in [0.4, 0.5) is 5.69 Å². The molecular formula is C28H32N4O5P2. The van der Waals surface area contributed by atoms with Gasteiger partial charge in [0.1, 0.15) is 17.2 Å². The highest BCUT2D eigenvalue weighted by atomic mass is 31.0. The third-order valence-corrected chi connectivity index (χ3v) is 7.41. The molecule has 11 heteroatoms. The van der Waals surface area contributed by atoms with E-state index in [9.17, 15) is 4.79 Å². The van der Waals surface area contributed by atoms with Crippen molar-refractivity contribution in [2.75, 3.05) is 39.2 Å². The number of hydrogen-bond acceptors (Lipinski definition) is 8. The molecule has 4 rings (SSSR count). The molecule has 0 saturated carbocycles. The van der Waals surface area contributed by atoms with Gasteiger partial charge in [-0.25, -0.2) is 0 Å². The van der Waals surface area contributed by atoms with Gasteiger partial charge in [0.25, 0.3) is 5.91 Å². The molecule has 204 valence electrons. The maximum Gasteiger partial charge on any atom is 0.261 e. The number of carbonyl (C=O) groups excluding carboxylic acids is 1. The molecule has 1 amide bonds. The number of nitrogens with zero attached hydrogens (tertiary/aromatic N) is 2. The molecule has 0 aliphatic carbocycles. The fourth-order valence-electron chi connectivity index (χ4n) is 3.88. The lowest BCUT2D eigenvalue weighted by atomic mass is 10.1. The third-order valence-electron chi connectivity index (χ3n) is 5.86. The zero-order valence-corrected chi connectivity index (χ0v) is 24.4. The smallest absolute Gasteiger partial charge is 0.261 e. The van der Waals surface area contributed by atoms with Gasteiger partial charge in [-0.1, -0.05) is 0 Å². The van der Waals surface area contributed by atoms with Crippen LogP contribution < -0.4 is 40.2 Å². The Hall–Kier alpha value is -3.51. The number of anilines is 1. The molecular weight excluding hydrogens is 534 g/mol. The van der Waals surface area contributed by atoms with Crippen LogP contribution in [0, 0.1) is 0 Å². The number of benzene rings is 2. The Kier molecular flexibility index (Phi) is 9.88. The normalized spacial score (nSPS) is 10.8. The summed E-state index contributed by atoms with van der Waals surface area (Å²) in [5, 5.41) is 8.37. The van der Waals surface area contributed by atoms with Gasteiger partial charge in [0.05, 0.1) is 31.4 Å². The molecule has 0 fully saturated rings. The molecule has 2 N–H and O–H groups in total. The Morgan fingerprint density at radius 3 is 2.54 bits per heavy atom. The van der Waals surface area contributed by atoms with Gasteiger partial charge in [0.15, 0.2) is 11.5 Å². The molecule has 2 aromatic heterocycles. The van der Waals surface area contributed by atoms with Crippen LogP contribution in [-0.4, -0.2) is 49.8 Å². The Morgan fingerprint density at radius 1 is 0.949 bits per heavy atom. The number of nitrogens with one attached hydrogen (secondary N) is 2. The second-order valence-electron chi connectivity index (χ2n) is 8.43. The van der Waals surface area contributed by atoms with Crippen LogP contribution in [0.15, 0.2) is 55.0 Å². The molecule has 39 heavy (non-hydrogen) atoms. The number of amides is 1. The fraction of sp³-hybridized carbons (Fsp3) is 0.250. The van der Waals surface area contributed by atoms with E-state index in [1.54, 1.807) is 43.8 Å². The summed E-state index contributed by atoms with van der Waals surface area (Å²) in [6.45, 7) is 3.73. The molecule has 4 aromatic rings. The predicted octanol–water partition coefficient (Wildman–Crippen LogP) is 4.07. The van der Waals surface area contributed by atoms with E-state index in [0.29, 0.717) is 53.2 Å². The van der Waals surface area contributed by atoms with E-state index in [4.69, 9.17) is 18.9 Å². The van der Waals surface area contributed by atoms with Crippen LogP contribution in [0.5, 0.6) is 28.7 Å². The van der Waals surface area contributed by atoms with Crippen LogP contribution in [0.2, 0.25) is 0 Å². The highest BCUT2D eigenvalue weighted by Gasteiger charge is 2.17. The van der Waals surface area contributed by atoms with Crippen molar-refractivity contribution in [3.05, 3.63) is 60.6 Å². The molecule has 9 nitrogen and oxygen atoms in total. The summed E-state index contributed by atoms with van der Waals surface area (Å²) in [4.78, 5) is 21.5. The van der Waals surface area contributed by atoms with Gasteiger partial charge < -0.3 is 29.6 Å². The van der Waals surface area contributed by atoms with Crippen molar-refractivity contribution in [1.29, 1.82) is 0 Å². The van der Waals surface area contributed by atoms with Gasteiger partial charge in [-0.2, -0.15) is 0 Å². The maximum atomic E-state index is 13.0. The molecule has 0 radical (unpaired) electrons. The molecule has 2 atom stereocenters. The van der Waals surface area contributed by atoms with E-state index in [1.165, 1.54) is 6.20 Å². The number of pyridine rings is 2. The molecule has 0 saturated heterocycles. The summed E-state index contributed by atoms with van der Waals surface area (Å²) >= 11 is 0. The molecule has 2 heterocycles. The minimum absolute atomic E-state index is 0.315. The van der Waals surface area contributed by atoms with Crippen LogP contribution in [0.3, 0.4) is 0 Å².